The number of phenols is 2. The lowest BCUT2D eigenvalue weighted by molar-refractivity contribution is 0.457. The summed E-state index contributed by atoms with van der Waals surface area (Å²) in [7, 11) is -0.864. The molecule has 20 heavy (non-hydrogen) atoms. The third-order valence-corrected chi connectivity index (χ3v) is 5.16. The van der Waals surface area contributed by atoms with Crippen molar-refractivity contribution in [3.8, 4) is 11.5 Å². The lowest BCUT2D eigenvalue weighted by Crippen LogP contribution is -1.85. The minimum Gasteiger partial charge on any atom is -0.507 e. The number of benzene rings is 2. The van der Waals surface area contributed by atoms with Gasteiger partial charge in [-0.25, -0.2) is 0 Å². The molecule has 0 aliphatic heterocycles. The highest BCUT2D eigenvalue weighted by atomic mass is 35.5. The summed E-state index contributed by atoms with van der Waals surface area (Å²) in [5.41, 5.74) is 0.640. The molecule has 0 aromatic heterocycles. The van der Waals surface area contributed by atoms with Crippen molar-refractivity contribution in [3.05, 3.63) is 44.9 Å². The number of halogens is 3. The smallest absolute Gasteiger partial charge is 0.147 e. The topological polar surface area (TPSA) is 40.5 Å². The van der Waals surface area contributed by atoms with Gasteiger partial charge in [0, 0.05) is 14.9 Å². The average Bonchev–Trinajstić information content (AvgIpc) is 2.37. The van der Waals surface area contributed by atoms with Crippen LogP contribution >= 0.6 is 45.3 Å². The molecule has 6 heteroatoms. The van der Waals surface area contributed by atoms with Gasteiger partial charge < -0.3 is 10.2 Å². The summed E-state index contributed by atoms with van der Waals surface area (Å²) in [6.07, 6.45) is 0. The zero-order valence-electron chi connectivity index (χ0n) is 10.5. The molecule has 2 rings (SSSR count). The summed E-state index contributed by atoms with van der Waals surface area (Å²) in [4.78, 5) is 0.989. The van der Waals surface area contributed by atoms with Crippen molar-refractivity contribution in [2.24, 2.45) is 0 Å². The summed E-state index contributed by atoms with van der Waals surface area (Å²) >= 11 is 17.9. The van der Waals surface area contributed by atoms with Crippen molar-refractivity contribution in [2.45, 2.75) is 16.7 Å². The van der Waals surface area contributed by atoms with Crippen molar-refractivity contribution in [3.63, 3.8) is 0 Å². The number of aryl methyl sites for hydroxylation is 1. The molecule has 1 atom stereocenters. The van der Waals surface area contributed by atoms with Crippen LogP contribution in [0.1, 0.15) is 5.56 Å². The number of hydrogen-bond donors (Lipinski definition) is 2. The molecule has 0 aliphatic rings. The Balaban J connectivity index is 2.64. The monoisotopic (exact) mass is 348 g/mol. The standard InChI is InChI=1S/C14H11Cl3O2S/c1-7-3-8(15)5-11(13(7)18)20(2)12-6-9(16)4-10(17)14(12)19/h3-6,18-19H,2H2,1H3. The van der Waals surface area contributed by atoms with E-state index in [1.54, 1.807) is 25.1 Å². The summed E-state index contributed by atoms with van der Waals surface area (Å²) in [5, 5.41) is 21.2. The first kappa shape index (κ1) is 15.5. The van der Waals surface area contributed by atoms with Crippen molar-refractivity contribution in [1.82, 2.24) is 0 Å². The van der Waals surface area contributed by atoms with Crippen LogP contribution in [0.4, 0.5) is 0 Å². The second-order valence-electron chi connectivity index (χ2n) is 4.19. The molecule has 0 saturated carbocycles. The van der Waals surface area contributed by atoms with E-state index in [4.69, 9.17) is 34.8 Å². The molecule has 0 radical (unpaired) electrons. The number of rotatable bonds is 2. The second kappa shape index (κ2) is 5.86. The summed E-state index contributed by atoms with van der Waals surface area (Å²) in [6.45, 7) is 1.74. The molecule has 0 fully saturated rings. The summed E-state index contributed by atoms with van der Waals surface area (Å²) < 4.78 is 0. The van der Waals surface area contributed by atoms with Gasteiger partial charge in [0.25, 0.3) is 0 Å². The molecular weight excluding hydrogens is 339 g/mol. The third kappa shape index (κ3) is 2.91. The molecule has 0 amide bonds. The lowest BCUT2D eigenvalue weighted by atomic mass is 10.2. The SMILES string of the molecule is C=S(c1cc(Cl)cc(C)c1O)c1cc(Cl)cc(Cl)c1O. The zero-order chi connectivity index (χ0) is 15.0. The first-order valence-electron chi connectivity index (χ1n) is 5.52. The van der Waals surface area contributed by atoms with E-state index in [-0.39, 0.29) is 16.5 Å². The van der Waals surface area contributed by atoms with Gasteiger partial charge in [0.05, 0.1) is 9.92 Å². The van der Waals surface area contributed by atoms with Gasteiger partial charge in [0.1, 0.15) is 11.5 Å². The quantitative estimate of drug-likeness (QED) is 0.704. The van der Waals surface area contributed by atoms with Crippen LogP contribution in [-0.4, -0.2) is 16.1 Å². The van der Waals surface area contributed by atoms with E-state index in [0.29, 0.717) is 25.4 Å². The molecular formula is C14H11Cl3O2S. The fraction of sp³-hybridized carbons (Fsp3) is 0.0714. The van der Waals surface area contributed by atoms with Crippen molar-refractivity contribution >= 4 is 51.2 Å². The molecule has 0 spiro atoms. The maximum atomic E-state index is 10.1. The van der Waals surface area contributed by atoms with Crippen molar-refractivity contribution in [1.29, 1.82) is 0 Å². The van der Waals surface area contributed by atoms with Gasteiger partial charge in [-0.3, -0.25) is 0 Å². The van der Waals surface area contributed by atoms with Crippen LogP contribution in [0.25, 0.3) is 0 Å². The summed E-state index contributed by atoms with van der Waals surface area (Å²) in [5.74, 6) is 4.01. The molecule has 0 aliphatic carbocycles. The van der Waals surface area contributed by atoms with Crippen LogP contribution in [0.2, 0.25) is 15.1 Å². The molecule has 0 saturated heterocycles. The fourth-order valence-corrected chi connectivity index (χ4v) is 4.21. The van der Waals surface area contributed by atoms with E-state index in [9.17, 15) is 10.2 Å². The largest absolute Gasteiger partial charge is 0.507 e. The molecule has 2 N–H and O–H groups in total. The Morgan fingerprint density at radius 2 is 1.40 bits per heavy atom. The number of hydrogen-bond acceptors (Lipinski definition) is 2. The predicted octanol–water partition coefficient (Wildman–Crippen LogP) is 5.49. The molecule has 1 unspecified atom stereocenters. The highest BCUT2D eigenvalue weighted by Crippen LogP contribution is 2.48. The number of aromatic hydroxyl groups is 2. The Labute approximate surface area is 134 Å². The first-order valence-corrected chi connectivity index (χ1v) is 8.05. The van der Waals surface area contributed by atoms with E-state index >= 15 is 0 Å². The fourth-order valence-electron chi connectivity index (χ4n) is 1.74. The van der Waals surface area contributed by atoms with Crippen LogP contribution in [0.15, 0.2) is 34.1 Å². The Kier molecular flexibility index (Phi) is 4.55. The van der Waals surface area contributed by atoms with Gasteiger partial charge >= 0.3 is 0 Å². The van der Waals surface area contributed by atoms with E-state index < -0.39 is 10.5 Å². The van der Waals surface area contributed by atoms with Gasteiger partial charge in [-0.05, 0) is 36.8 Å². The Morgan fingerprint density at radius 1 is 0.900 bits per heavy atom. The first-order chi connectivity index (χ1) is 9.31. The summed E-state index contributed by atoms with van der Waals surface area (Å²) in [6, 6.07) is 6.30. The Hall–Kier alpha value is -0.870. The normalized spacial score (nSPS) is 12.4. The Bertz CT molecular complexity index is 655. The number of phenolic OH excluding ortho intramolecular Hbond substituents is 2. The molecule has 0 heterocycles. The van der Waals surface area contributed by atoms with Gasteiger partial charge in [-0.15, -0.1) is 10.5 Å². The molecule has 0 bridgehead atoms. The highest BCUT2D eigenvalue weighted by Gasteiger charge is 2.15. The van der Waals surface area contributed by atoms with Gasteiger partial charge in [0.15, 0.2) is 0 Å². The maximum Gasteiger partial charge on any atom is 0.147 e. The minimum atomic E-state index is -0.864. The van der Waals surface area contributed by atoms with Crippen LogP contribution in [0.3, 0.4) is 0 Å². The van der Waals surface area contributed by atoms with E-state index in [2.05, 4.69) is 5.87 Å². The van der Waals surface area contributed by atoms with Gasteiger partial charge in [-0.2, -0.15) is 0 Å². The van der Waals surface area contributed by atoms with Crippen LogP contribution < -0.4 is 0 Å². The highest BCUT2D eigenvalue weighted by molar-refractivity contribution is 8.14. The molecule has 2 aromatic carbocycles. The van der Waals surface area contributed by atoms with Crippen LogP contribution in [-0.2, 0) is 0 Å². The van der Waals surface area contributed by atoms with E-state index in [0.717, 1.165) is 0 Å². The maximum absolute atomic E-state index is 10.1. The predicted molar refractivity (Wildman–Crippen MR) is 87.2 cm³/mol. The van der Waals surface area contributed by atoms with Gasteiger partial charge in [-0.1, -0.05) is 40.7 Å². The average molecular weight is 350 g/mol. The zero-order valence-corrected chi connectivity index (χ0v) is 13.5. The Morgan fingerprint density at radius 3 is 2.00 bits per heavy atom. The van der Waals surface area contributed by atoms with Crippen LogP contribution in [0.5, 0.6) is 11.5 Å². The van der Waals surface area contributed by atoms with Crippen molar-refractivity contribution < 1.29 is 10.2 Å². The van der Waals surface area contributed by atoms with Crippen LogP contribution in [0, 0.1) is 6.92 Å². The third-order valence-electron chi connectivity index (χ3n) is 2.75. The molecule has 2 aromatic rings. The lowest BCUT2D eigenvalue weighted by Gasteiger charge is -2.14. The van der Waals surface area contributed by atoms with E-state index in [1.807, 2.05) is 0 Å². The van der Waals surface area contributed by atoms with Gasteiger partial charge in [0.2, 0.25) is 0 Å². The molecule has 2 nitrogen and oxygen atoms in total. The van der Waals surface area contributed by atoms with Crippen molar-refractivity contribution in [2.75, 3.05) is 0 Å². The van der Waals surface area contributed by atoms with E-state index in [1.165, 1.54) is 6.07 Å². The second-order valence-corrected chi connectivity index (χ2v) is 7.14. The molecule has 106 valence electrons. The minimum absolute atomic E-state index is 0.0913.